The van der Waals surface area contributed by atoms with Crippen molar-refractivity contribution in [2.75, 3.05) is 30.0 Å². The minimum Gasteiger partial charge on any atom is -0.397 e. The molecule has 0 amide bonds. The fourth-order valence-corrected chi connectivity index (χ4v) is 4.85. The molecule has 3 aromatic carbocycles. The van der Waals surface area contributed by atoms with Gasteiger partial charge in [-0.25, -0.2) is 0 Å². The van der Waals surface area contributed by atoms with E-state index in [1.54, 1.807) is 11.6 Å². The molecule has 1 atom stereocenters. The van der Waals surface area contributed by atoms with Crippen molar-refractivity contribution in [1.29, 1.82) is 0 Å². The van der Waals surface area contributed by atoms with Crippen LogP contribution in [0.4, 0.5) is 17.1 Å². The van der Waals surface area contributed by atoms with Crippen LogP contribution in [-0.4, -0.2) is 24.8 Å². The zero-order valence-electron chi connectivity index (χ0n) is 23.0. The quantitative estimate of drug-likeness (QED) is 0.159. The van der Waals surface area contributed by atoms with E-state index in [9.17, 15) is 5.11 Å². The predicted octanol–water partition coefficient (Wildman–Crippen LogP) is 8.27. The van der Waals surface area contributed by atoms with Crippen molar-refractivity contribution in [3.05, 3.63) is 99.0 Å². The Balaban J connectivity index is 0.000000221. The molecule has 6 heteroatoms. The van der Waals surface area contributed by atoms with Gasteiger partial charge in [0.15, 0.2) is 0 Å². The lowest BCUT2D eigenvalue weighted by Gasteiger charge is -2.28. The maximum Gasteiger partial charge on any atom is 0.0575 e. The number of rotatable bonds is 9. The molecule has 4 rings (SSSR count). The Morgan fingerprint density at radius 3 is 2.26 bits per heavy atom. The van der Waals surface area contributed by atoms with Crippen LogP contribution in [0.15, 0.2) is 72.3 Å². The van der Waals surface area contributed by atoms with Gasteiger partial charge >= 0.3 is 0 Å². The SMILES string of the molecule is CC(O)Cc1ccc(CC=C2CCC2)cc1.CNc1ccc(NCC(C)(C)c2cc(Cl)ccc2Cl)c(N)c1. The van der Waals surface area contributed by atoms with Crippen LogP contribution in [0.5, 0.6) is 0 Å². The van der Waals surface area contributed by atoms with Gasteiger partial charge in [0.05, 0.1) is 17.5 Å². The highest BCUT2D eigenvalue weighted by molar-refractivity contribution is 6.33. The molecule has 204 valence electrons. The number of hydrogen-bond donors (Lipinski definition) is 4. The van der Waals surface area contributed by atoms with Crippen LogP contribution in [-0.2, 0) is 18.3 Å². The normalized spacial score (nSPS) is 13.6. The van der Waals surface area contributed by atoms with E-state index in [1.807, 2.05) is 44.3 Å². The summed E-state index contributed by atoms with van der Waals surface area (Å²) in [7, 11) is 1.87. The summed E-state index contributed by atoms with van der Waals surface area (Å²) in [5.41, 5.74) is 13.7. The number of nitrogens with two attached hydrogens (primary N) is 1. The fraction of sp³-hybridized carbons (Fsp3) is 0.375. The van der Waals surface area contributed by atoms with Gasteiger partial charge in [-0.15, -0.1) is 0 Å². The van der Waals surface area contributed by atoms with Crippen LogP contribution >= 0.6 is 23.2 Å². The van der Waals surface area contributed by atoms with Crippen molar-refractivity contribution < 1.29 is 5.11 Å². The van der Waals surface area contributed by atoms with E-state index in [0.29, 0.717) is 17.3 Å². The molecule has 0 radical (unpaired) electrons. The van der Waals surface area contributed by atoms with Gasteiger partial charge in [-0.2, -0.15) is 0 Å². The van der Waals surface area contributed by atoms with E-state index in [0.717, 1.165) is 34.8 Å². The minimum absolute atomic E-state index is 0.184. The Morgan fingerprint density at radius 2 is 1.68 bits per heavy atom. The molecule has 1 unspecified atom stereocenters. The molecule has 38 heavy (non-hydrogen) atoms. The maximum atomic E-state index is 9.28. The highest BCUT2D eigenvalue weighted by Gasteiger charge is 2.24. The van der Waals surface area contributed by atoms with E-state index in [2.05, 4.69) is 54.8 Å². The minimum atomic E-state index is -0.247. The molecule has 0 aromatic heterocycles. The molecule has 3 aromatic rings. The first-order valence-corrected chi connectivity index (χ1v) is 14.0. The summed E-state index contributed by atoms with van der Waals surface area (Å²) in [5, 5.41) is 17.1. The van der Waals surface area contributed by atoms with E-state index in [-0.39, 0.29) is 11.5 Å². The number of anilines is 3. The molecule has 5 N–H and O–H groups in total. The molecule has 0 saturated heterocycles. The fourth-order valence-electron chi connectivity index (χ4n) is 4.31. The molecule has 1 fully saturated rings. The standard InChI is InChI=1S/C17H21Cl2N3.C15H20O/c1-17(2,13-8-11(18)4-6-14(13)19)10-22-16-7-5-12(21-3)9-15(16)20;1-12(16)11-15-9-7-14(8-10-15)6-5-13-3-2-4-13/h4-9,21-22H,10,20H2,1-3H3;5,7-10,12,16H,2-4,6,11H2,1H3. The zero-order chi connectivity index (χ0) is 27.7. The third-order valence-electron chi connectivity index (χ3n) is 6.89. The molecule has 0 aliphatic heterocycles. The number of benzene rings is 3. The summed E-state index contributed by atoms with van der Waals surface area (Å²) in [5.74, 6) is 0. The Kier molecular flexibility index (Phi) is 11.0. The topological polar surface area (TPSA) is 70.3 Å². The number of halogens is 2. The average molecular weight is 555 g/mol. The van der Waals surface area contributed by atoms with E-state index in [4.69, 9.17) is 28.9 Å². The van der Waals surface area contributed by atoms with Gasteiger partial charge in [-0.1, -0.05) is 73.0 Å². The Bertz CT molecular complexity index is 1210. The second-order valence-electron chi connectivity index (χ2n) is 10.7. The lowest BCUT2D eigenvalue weighted by Crippen LogP contribution is -2.28. The molecule has 0 spiro atoms. The Morgan fingerprint density at radius 1 is 1.00 bits per heavy atom. The van der Waals surface area contributed by atoms with E-state index >= 15 is 0 Å². The van der Waals surface area contributed by atoms with Crippen molar-refractivity contribution in [2.45, 2.75) is 64.4 Å². The second kappa shape index (κ2) is 13.9. The first-order chi connectivity index (χ1) is 18.1. The highest BCUT2D eigenvalue weighted by atomic mass is 35.5. The molecule has 0 bridgehead atoms. The lowest BCUT2D eigenvalue weighted by atomic mass is 9.84. The number of allylic oxidation sites excluding steroid dienone is 2. The van der Waals surface area contributed by atoms with Crippen molar-refractivity contribution in [2.24, 2.45) is 0 Å². The maximum absolute atomic E-state index is 9.28. The van der Waals surface area contributed by atoms with Gasteiger partial charge in [0.25, 0.3) is 0 Å². The van der Waals surface area contributed by atoms with Crippen molar-refractivity contribution in [1.82, 2.24) is 0 Å². The number of nitrogen functional groups attached to an aromatic ring is 1. The zero-order valence-corrected chi connectivity index (χ0v) is 24.5. The third-order valence-corrected chi connectivity index (χ3v) is 7.46. The van der Waals surface area contributed by atoms with Crippen LogP contribution in [0.3, 0.4) is 0 Å². The molecule has 1 saturated carbocycles. The Labute approximate surface area is 238 Å². The molecule has 4 nitrogen and oxygen atoms in total. The van der Waals surface area contributed by atoms with E-state index < -0.39 is 0 Å². The van der Waals surface area contributed by atoms with Crippen molar-refractivity contribution >= 4 is 40.3 Å². The van der Waals surface area contributed by atoms with Gasteiger partial charge in [0.2, 0.25) is 0 Å². The van der Waals surface area contributed by atoms with E-state index in [1.165, 1.54) is 30.4 Å². The summed E-state index contributed by atoms with van der Waals surface area (Å²) in [6.07, 6.45) is 7.92. The predicted molar refractivity (Wildman–Crippen MR) is 166 cm³/mol. The van der Waals surface area contributed by atoms with Crippen LogP contribution in [0.1, 0.15) is 56.7 Å². The molecule has 1 aliphatic rings. The first kappa shape index (κ1) is 29.9. The molecular formula is C32H41Cl2N3O. The Hall–Kier alpha value is -2.66. The first-order valence-electron chi connectivity index (χ1n) is 13.3. The smallest absolute Gasteiger partial charge is 0.0575 e. The van der Waals surface area contributed by atoms with Crippen molar-refractivity contribution in [3.8, 4) is 0 Å². The number of nitrogens with one attached hydrogen (secondary N) is 2. The van der Waals surface area contributed by atoms with Gasteiger partial charge < -0.3 is 21.5 Å². The largest absolute Gasteiger partial charge is 0.397 e. The number of aliphatic hydroxyl groups is 1. The van der Waals surface area contributed by atoms with Crippen LogP contribution in [0, 0.1) is 0 Å². The summed E-state index contributed by atoms with van der Waals surface area (Å²) < 4.78 is 0. The summed E-state index contributed by atoms with van der Waals surface area (Å²) in [4.78, 5) is 0. The summed E-state index contributed by atoms with van der Waals surface area (Å²) >= 11 is 12.4. The number of hydrogen-bond acceptors (Lipinski definition) is 4. The molecule has 1 aliphatic carbocycles. The molecule has 0 heterocycles. The average Bonchev–Trinajstić information content (AvgIpc) is 2.85. The second-order valence-corrected chi connectivity index (χ2v) is 11.5. The van der Waals surface area contributed by atoms with Crippen LogP contribution in [0.2, 0.25) is 10.0 Å². The van der Waals surface area contributed by atoms with Crippen LogP contribution < -0.4 is 16.4 Å². The van der Waals surface area contributed by atoms with Gasteiger partial charge in [-0.3, -0.25) is 0 Å². The van der Waals surface area contributed by atoms with Crippen LogP contribution in [0.25, 0.3) is 0 Å². The highest BCUT2D eigenvalue weighted by Crippen LogP contribution is 2.33. The third kappa shape index (κ3) is 8.97. The van der Waals surface area contributed by atoms with Gasteiger partial charge in [0.1, 0.15) is 0 Å². The number of aliphatic hydroxyl groups excluding tert-OH is 1. The van der Waals surface area contributed by atoms with Gasteiger partial charge in [-0.05, 0) is 92.1 Å². The lowest BCUT2D eigenvalue weighted by molar-refractivity contribution is 0.195. The monoisotopic (exact) mass is 553 g/mol. The molecular weight excluding hydrogens is 513 g/mol. The van der Waals surface area contributed by atoms with Crippen molar-refractivity contribution in [3.63, 3.8) is 0 Å². The summed E-state index contributed by atoms with van der Waals surface area (Å²) in [6.45, 7) is 6.76. The van der Waals surface area contributed by atoms with Gasteiger partial charge in [0, 0.05) is 34.7 Å². The summed E-state index contributed by atoms with van der Waals surface area (Å²) in [6, 6.07) is 20.0.